The highest BCUT2D eigenvalue weighted by atomic mass is 15.2. The summed E-state index contributed by atoms with van der Waals surface area (Å²) in [5.41, 5.74) is 6.84. The molecule has 196 valence electrons. The summed E-state index contributed by atoms with van der Waals surface area (Å²) in [4.78, 5) is 20.1. The van der Waals surface area contributed by atoms with Crippen LogP contribution in [0.25, 0.3) is 78.0 Å². The van der Waals surface area contributed by atoms with E-state index in [1.54, 1.807) is 0 Å². The molecule has 9 rings (SSSR count). The molecule has 5 aromatic carbocycles. The normalized spacial score (nSPS) is 11.8. The highest BCUT2D eigenvalue weighted by molar-refractivity contribution is 6.23. The number of rotatable bonds is 3. The van der Waals surface area contributed by atoms with E-state index in [1.165, 1.54) is 10.8 Å². The maximum atomic E-state index is 5.11. The fourth-order valence-electron chi connectivity index (χ4n) is 6.19. The van der Waals surface area contributed by atoms with E-state index in [9.17, 15) is 0 Å². The van der Waals surface area contributed by atoms with Crippen molar-refractivity contribution >= 4 is 49.3 Å². The molecule has 6 heteroatoms. The number of fused-ring (bicyclic) bond motifs is 5. The third kappa shape index (κ3) is 3.26. The lowest BCUT2D eigenvalue weighted by Crippen LogP contribution is -2.08. The van der Waals surface area contributed by atoms with Gasteiger partial charge in [-0.25, -0.2) is 9.97 Å². The molecule has 0 radical (unpaired) electrons. The molecule has 0 saturated heterocycles. The first-order valence-corrected chi connectivity index (χ1v) is 13.9. The zero-order valence-electron chi connectivity index (χ0n) is 22.4. The number of nitrogens with zero attached hydrogens (tertiary/aromatic N) is 6. The van der Waals surface area contributed by atoms with Gasteiger partial charge in [-0.3, -0.25) is 4.57 Å². The predicted octanol–water partition coefficient (Wildman–Crippen LogP) is 8.26. The van der Waals surface area contributed by atoms with Crippen LogP contribution in [0.5, 0.6) is 0 Å². The summed E-state index contributed by atoms with van der Waals surface area (Å²) >= 11 is 0. The van der Waals surface area contributed by atoms with Crippen molar-refractivity contribution in [3.8, 4) is 28.7 Å². The van der Waals surface area contributed by atoms with Crippen molar-refractivity contribution in [1.29, 1.82) is 0 Å². The summed E-state index contributed by atoms with van der Waals surface area (Å²) in [5, 5.41) is 4.69. The summed E-state index contributed by atoms with van der Waals surface area (Å²) in [5.74, 6) is 1.73. The average Bonchev–Trinajstić information content (AvgIpc) is 3.33. The Kier molecular flexibility index (Phi) is 4.80. The van der Waals surface area contributed by atoms with Crippen LogP contribution in [0.3, 0.4) is 0 Å². The van der Waals surface area contributed by atoms with Crippen LogP contribution in [0.15, 0.2) is 134 Å². The van der Waals surface area contributed by atoms with Gasteiger partial charge >= 0.3 is 0 Å². The van der Waals surface area contributed by atoms with E-state index in [-0.39, 0.29) is 0 Å². The minimum atomic E-state index is 0.516. The maximum absolute atomic E-state index is 5.11. The van der Waals surface area contributed by atoms with E-state index in [4.69, 9.17) is 19.9 Å². The Morgan fingerprint density at radius 3 is 1.90 bits per heavy atom. The SMILES string of the molecule is c1ccc(-c2nc(-c3ccccc3)nc(-n3c4cccc5ccc6c7ccccc7n(c7cccnc73)c6c54)n2)cc1. The quantitative estimate of drug-likeness (QED) is 0.227. The van der Waals surface area contributed by atoms with Gasteiger partial charge in [0, 0.05) is 33.5 Å². The molecule has 4 aromatic heterocycles. The van der Waals surface area contributed by atoms with Crippen molar-refractivity contribution in [3.63, 3.8) is 0 Å². The lowest BCUT2D eigenvalue weighted by Gasteiger charge is -2.13. The lowest BCUT2D eigenvalue weighted by molar-refractivity contribution is 0.940. The highest BCUT2D eigenvalue weighted by Gasteiger charge is 2.21. The van der Waals surface area contributed by atoms with Crippen LogP contribution in [0.2, 0.25) is 0 Å². The molecule has 0 aliphatic carbocycles. The molecule has 0 aliphatic heterocycles. The van der Waals surface area contributed by atoms with Crippen molar-refractivity contribution in [2.45, 2.75) is 0 Å². The van der Waals surface area contributed by atoms with Gasteiger partial charge in [-0.2, -0.15) is 9.97 Å². The Morgan fingerprint density at radius 1 is 0.476 bits per heavy atom. The summed E-state index contributed by atoms with van der Waals surface area (Å²) < 4.78 is 4.44. The Hall–Kier alpha value is -5.88. The number of pyridine rings is 1. The van der Waals surface area contributed by atoms with Gasteiger partial charge in [-0.15, -0.1) is 0 Å². The fourth-order valence-corrected chi connectivity index (χ4v) is 6.19. The van der Waals surface area contributed by atoms with E-state index >= 15 is 0 Å². The van der Waals surface area contributed by atoms with Crippen LogP contribution in [-0.4, -0.2) is 28.9 Å². The molecule has 0 unspecified atom stereocenters. The first-order chi connectivity index (χ1) is 20.8. The molecule has 0 saturated carbocycles. The van der Waals surface area contributed by atoms with Gasteiger partial charge < -0.3 is 4.40 Å². The van der Waals surface area contributed by atoms with Crippen molar-refractivity contribution in [2.75, 3.05) is 0 Å². The predicted molar refractivity (Wildman–Crippen MR) is 169 cm³/mol. The molecule has 9 aromatic rings. The van der Waals surface area contributed by atoms with Crippen molar-refractivity contribution < 1.29 is 0 Å². The van der Waals surface area contributed by atoms with Crippen molar-refractivity contribution in [2.24, 2.45) is 0 Å². The van der Waals surface area contributed by atoms with Crippen LogP contribution in [0, 0.1) is 0 Å². The molecular formula is C36H22N6. The van der Waals surface area contributed by atoms with Crippen LogP contribution < -0.4 is 0 Å². The summed E-state index contributed by atoms with van der Waals surface area (Å²) in [7, 11) is 0. The average molecular weight is 539 g/mol. The topological polar surface area (TPSA) is 60.9 Å². The number of hydrogen-bond donors (Lipinski definition) is 0. The lowest BCUT2D eigenvalue weighted by atomic mass is 10.0. The minimum Gasteiger partial charge on any atom is -0.305 e. The molecular weight excluding hydrogens is 516 g/mol. The fraction of sp³-hybridized carbons (Fsp3) is 0. The third-order valence-corrected chi connectivity index (χ3v) is 8.00. The van der Waals surface area contributed by atoms with E-state index in [0.29, 0.717) is 17.6 Å². The molecule has 0 atom stereocenters. The first-order valence-electron chi connectivity index (χ1n) is 13.9. The number of hydrogen-bond acceptors (Lipinski definition) is 4. The van der Waals surface area contributed by atoms with Crippen LogP contribution >= 0.6 is 0 Å². The number of aromatic nitrogens is 6. The summed E-state index contributed by atoms with van der Waals surface area (Å²) in [6.07, 6.45) is 1.84. The second-order valence-corrected chi connectivity index (χ2v) is 10.4. The van der Waals surface area contributed by atoms with Crippen LogP contribution in [0.1, 0.15) is 0 Å². The second-order valence-electron chi connectivity index (χ2n) is 10.4. The number of benzene rings is 5. The second kappa shape index (κ2) is 8.81. The van der Waals surface area contributed by atoms with Gasteiger partial charge in [0.05, 0.1) is 22.1 Å². The van der Waals surface area contributed by atoms with Crippen LogP contribution in [-0.2, 0) is 0 Å². The minimum absolute atomic E-state index is 0.516. The largest absolute Gasteiger partial charge is 0.305 e. The molecule has 0 bridgehead atoms. The van der Waals surface area contributed by atoms with E-state index in [0.717, 1.165) is 49.6 Å². The van der Waals surface area contributed by atoms with E-state index in [1.807, 2.05) is 72.9 Å². The standard InChI is InChI=1S/C36H22N6/c1-3-11-24(12-4-1)33-38-34(25-13-5-2-6-14-25)40-36(39-33)42-29-18-9-15-23-20-21-27-26-16-7-8-17-28(26)41(32(27)31(23)29)30-19-10-22-37-35(30)42/h1-22H. The Morgan fingerprint density at radius 2 is 1.14 bits per heavy atom. The van der Waals surface area contributed by atoms with Gasteiger partial charge in [0.15, 0.2) is 17.3 Å². The molecule has 0 amide bonds. The zero-order valence-corrected chi connectivity index (χ0v) is 22.4. The molecule has 0 N–H and O–H groups in total. The zero-order chi connectivity index (χ0) is 27.6. The van der Waals surface area contributed by atoms with Gasteiger partial charge in [0.25, 0.3) is 0 Å². The maximum Gasteiger partial charge on any atom is 0.240 e. The Labute approximate surface area is 240 Å². The molecule has 6 nitrogen and oxygen atoms in total. The Bertz CT molecular complexity index is 2380. The molecule has 42 heavy (non-hydrogen) atoms. The van der Waals surface area contributed by atoms with Crippen molar-refractivity contribution in [3.05, 3.63) is 134 Å². The Balaban J connectivity index is 1.52. The van der Waals surface area contributed by atoms with Gasteiger partial charge in [0.1, 0.15) is 0 Å². The number of para-hydroxylation sites is 1. The van der Waals surface area contributed by atoms with E-state index in [2.05, 4.69) is 69.6 Å². The third-order valence-electron chi connectivity index (χ3n) is 8.00. The summed E-state index contributed by atoms with van der Waals surface area (Å²) in [6.45, 7) is 0. The van der Waals surface area contributed by atoms with Crippen LogP contribution in [0.4, 0.5) is 0 Å². The van der Waals surface area contributed by atoms with Gasteiger partial charge in [0.2, 0.25) is 5.95 Å². The molecule has 4 heterocycles. The van der Waals surface area contributed by atoms with Gasteiger partial charge in [-0.05, 0) is 29.7 Å². The smallest absolute Gasteiger partial charge is 0.240 e. The first kappa shape index (κ1) is 22.9. The monoisotopic (exact) mass is 538 g/mol. The van der Waals surface area contributed by atoms with Gasteiger partial charge in [-0.1, -0.05) is 103 Å². The molecule has 0 fully saturated rings. The van der Waals surface area contributed by atoms with E-state index < -0.39 is 0 Å². The highest BCUT2D eigenvalue weighted by Crippen LogP contribution is 2.39. The van der Waals surface area contributed by atoms with Crippen molar-refractivity contribution in [1.82, 2.24) is 28.9 Å². The molecule has 0 aliphatic rings. The molecule has 0 spiro atoms. The summed E-state index contributed by atoms with van der Waals surface area (Å²) in [6, 6.07) is 43.7.